The highest BCUT2D eigenvalue weighted by Crippen LogP contribution is 2.35. The molecule has 0 unspecified atom stereocenters. The molecule has 4 heterocycles. The number of amides is 1. The third-order valence-electron chi connectivity index (χ3n) is 13.0. The zero-order valence-corrected chi connectivity index (χ0v) is 53.6. The van der Waals surface area contributed by atoms with E-state index in [4.69, 9.17) is 57.0 Å². The van der Waals surface area contributed by atoms with Gasteiger partial charge in [0.2, 0.25) is 5.56 Å². The highest BCUT2D eigenvalue weighted by Gasteiger charge is 2.20. The van der Waals surface area contributed by atoms with E-state index in [0.717, 1.165) is 16.7 Å². The molecule has 1 amide bonds. The van der Waals surface area contributed by atoms with E-state index in [1.54, 1.807) is 63.4 Å². The second-order valence-electron chi connectivity index (χ2n) is 19.6. The molecule has 4 aromatic heterocycles. The number of nitrogen functional groups attached to an aromatic ring is 2. The number of methoxy groups -OCH3 is 4. The number of aromatic nitrogens is 4. The molecule has 0 aliphatic heterocycles. The third-order valence-corrected chi connectivity index (χ3v) is 13.2. The Morgan fingerprint density at radius 1 is 0.546 bits per heavy atom. The van der Waals surface area contributed by atoms with Crippen LogP contribution in [0, 0.1) is 64.4 Å². The molecular formula is C63H65ClN14O19. The predicted molar refractivity (Wildman–Crippen MR) is 366 cm³/mol. The summed E-state index contributed by atoms with van der Waals surface area (Å²) >= 11 is 5.73. The molecule has 0 saturated carbocycles. The molecule has 34 heteroatoms. The average molecular weight is 1360 g/mol. The number of fused-ring (bicyclic) bond motifs is 4. The summed E-state index contributed by atoms with van der Waals surface area (Å²) in [5.41, 5.74) is 16.0. The zero-order chi connectivity index (χ0) is 71.5. The minimum atomic E-state index is -0.524. The lowest BCUT2D eigenvalue weighted by Crippen LogP contribution is -2.08. The van der Waals surface area contributed by atoms with Crippen molar-refractivity contribution >= 4 is 118 Å². The topological polar surface area (TPSA) is 479 Å². The van der Waals surface area contributed by atoms with Gasteiger partial charge in [-0.2, -0.15) is 0 Å². The number of hydrogen-bond donors (Lipinski definition) is 8. The van der Waals surface area contributed by atoms with E-state index >= 15 is 0 Å². The van der Waals surface area contributed by atoms with Gasteiger partial charge in [-0.3, -0.25) is 60.2 Å². The molecule has 33 nitrogen and oxygen atoms in total. The Labute approximate surface area is 555 Å². The number of nitrogens with one attached hydrogen (secondary N) is 4. The lowest BCUT2D eigenvalue weighted by molar-refractivity contribution is -0.385. The number of nitro groups is 5. The van der Waals surface area contributed by atoms with Crippen molar-refractivity contribution in [3.63, 3.8) is 0 Å². The van der Waals surface area contributed by atoms with Gasteiger partial charge in [-0.05, 0) is 93.6 Å². The van der Waals surface area contributed by atoms with Gasteiger partial charge in [0.1, 0.15) is 22.5 Å². The Bertz CT molecular complexity index is 4580. The Morgan fingerprint density at radius 2 is 0.979 bits per heavy atom. The summed E-state index contributed by atoms with van der Waals surface area (Å²) < 4.78 is 24.8. The van der Waals surface area contributed by atoms with Crippen molar-refractivity contribution in [1.29, 1.82) is 0 Å². The first-order valence-corrected chi connectivity index (χ1v) is 28.7. The number of nitrogens with zero attached hydrogens (tertiary/aromatic N) is 8. The molecule has 0 radical (unpaired) electrons. The van der Waals surface area contributed by atoms with Gasteiger partial charge in [-0.15, -0.1) is 0 Å². The van der Waals surface area contributed by atoms with Crippen molar-refractivity contribution in [3.8, 4) is 23.0 Å². The first-order valence-electron chi connectivity index (χ1n) is 28.3. The smallest absolute Gasteiger partial charge is 0.311 e. The number of anilines is 5. The molecule has 508 valence electrons. The van der Waals surface area contributed by atoms with Gasteiger partial charge in [0.15, 0.2) is 17.2 Å². The summed E-state index contributed by atoms with van der Waals surface area (Å²) in [6.07, 6.45) is 2.55. The Kier molecular flexibility index (Phi) is 28.3. The molecule has 0 aliphatic rings. The van der Waals surface area contributed by atoms with Crippen LogP contribution in [0.2, 0.25) is 5.15 Å². The largest absolute Gasteiger partial charge is 0.501 e. The van der Waals surface area contributed by atoms with Crippen LogP contribution in [0.15, 0.2) is 151 Å². The number of hydrogen-bond acceptors (Lipinski definition) is 26. The maximum absolute atomic E-state index is 11.4. The maximum atomic E-state index is 11.4. The Balaban J connectivity index is 0.000000212. The van der Waals surface area contributed by atoms with E-state index in [1.165, 1.54) is 106 Å². The van der Waals surface area contributed by atoms with Crippen LogP contribution in [0.4, 0.5) is 57.1 Å². The normalized spacial score (nSPS) is 10.3. The second-order valence-corrected chi connectivity index (χ2v) is 19.9. The van der Waals surface area contributed by atoms with Gasteiger partial charge in [0, 0.05) is 124 Å². The molecule has 0 atom stereocenters. The number of carbonyl (C=O) groups is 1. The van der Waals surface area contributed by atoms with Crippen LogP contribution in [-0.4, -0.2) is 122 Å². The molecule has 6 aromatic carbocycles. The van der Waals surface area contributed by atoms with Crippen LogP contribution in [0.5, 0.6) is 23.0 Å². The predicted octanol–water partition coefficient (Wildman–Crippen LogP) is 10.9. The number of nitro benzene ring substituents is 5. The molecule has 0 saturated heterocycles. The summed E-state index contributed by atoms with van der Waals surface area (Å²) in [6.45, 7) is 6.52. The van der Waals surface area contributed by atoms with Crippen LogP contribution < -0.4 is 51.9 Å². The fourth-order valence-electron chi connectivity index (χ4n) is 8.47. The highest BCUT2D eigenvalue weighted by atomic mass is 35.5. The minimum absolute atomic E-state index is 0.00327. The number of H-pyrrole nitrogens is 1. The van der Waals surface area contributed by atoms with Gasteiger partial charge in [-0.1, -0.05) is 11.6 Å². The third kappa shape index (κ3) is 22.0. The number of ether oxygens (including phenoxy) is 5. The molecule has 0 bridgehead atoms. The first kappa shape index (κ1) is 75.1. The van der Waals surface area contributed by atoms with Crippen molar-refractivity contribution in [3.05, 3.63) is 223 Å². The van der Waals surface area contributed by atoms with Crippen molar-refractivity contribution in [2.24, 2.45) is 0 Å². The fraction of sp³-hybridized carbons (Fsp3) is 0.190. The monoisotopic (exact) mass is 1360 g/mol. The second kappa shape index (κ2) is 36.6. The first-order chi connectivity index (χ1) is 46.3. The highest BCUT2D eigenvalue weighted by molar-refractivity contribution is 6.29. The summed E-state index contributed by atoms with van der Waals surface area (Å²) in [5, 5.41) is 82.5. The minimum Gasteiger partial charge on any atom is -0.501 e. The number of pyridine rings is 4. The van der Waals surface area contributed by atoms with Crippen molar-refractivity contribution < 1.29 is 63.3 Å². The summed E-state index contributed by atoms with van der Waals surface area (Å²) in [4.78, 5) is 88.7. The number of aromatic amines is 1. The zero-order valence-electron chi connectivity index (χ0n) is 52.8. The van der Waals surface area contributed by atoms with Crippen LogP contribution in [-0.2, 0) is 9.53 Å². The quantitative estimate of drug-likeness (QED) is 0.00931. The van der Waals surface area contributed by atoms with E-state index in [0.29, 0.717) is 97.3 Å². The number of benzene rings is 6. The number of aryl methyl sites for hydroxylation is 2. The maximum Gasteiger partial charge on any atom is 0.311 e. The molecule has 10 rings (SSSR count). The summed E-state index contributed by atoms with van der Waals surface area (Å²) in [6, 6.07) is 34.5. The fourth-order valence-corrected chi connectivity index (χ4v) is 8.62. The standard InChI is InChI=1S/C12H13N3O4.C12H15N3O2.C12H14N2O4.C10H7ClN2O3.C10H8N2O4.C7H8N2O2/c1-19-11-7-9-8(6-10(11)15(17)18)2-3-12(14-9)13-4-5-16;1-17-11-7-10-8(6-9(11)13)2-3-12(15-10)14-4-5-16;1-3-18-7-6-12(15)13-10-4-5-11(14(16)17)9(2)8-10;1-16-9-5-7-6(2-3-10(11)12-7)4-8(9)13(14)15;1-16-9-5-7-6(2-3-10(13)11-7)4-8(9)12(14)15;1-5-4-6(8)2-3-7(5)9(10)11/h2-3,6-7,16H,4-5H2,1H3,(H,13,14);2-3,6-7,16H,4-5,13H2,1H3,(H,14,15);4-8H,3H2,1-2H3,(H,13,15);2-5H,1H3;2-5H,1H3,(H,11,13);2-4H,8H2,1H3/b;;7-6+;;;. The number of carbonyl (C=O) groups excluding carboxylic acids is 1. The number of rotatable bonds is 19. The molecule has 0 spiro atoms. The van der Waals surface area contributed by atoms with E-state index in [2.05, 4.69) is 35.9 Å². The molecule has 10 aromatic rings. The van der Waals surface area contributed by atoms with Gasteiger partial charge in [-0.25, -0.2) is 15.0 Å². The van der Waals surface area contributed by atoms with Crippen LogP contribution in [0.1, 0.15) is 18.1 Å². The van der Waals surface area contributed by atoms with Crippen LogP contribution >= 0.6 is 11.6 Å². The van der Waals surface area contributed by atoms with E-state index in [1.807, 2.05) is 25.1 Å². The van der Waals surface area contributed by atoms with Gasteiger partial charge >= 0.3 is 17.1 Å². The molecule has 0 aliphatic carbocycles. The SMILES string of the molecule is CCO/C=C/C(=O)Nc1ccc([N+](=O)[O-])c(C)c1.COc1cc2[nH]c(=O)ccc2cc1[N+](=O)[O-].COc1cc2nc(Cl)ccc2cc1[N+](=O)[O-].COc1cc2nc(NCCO)ccc2cc1N.COc1cc2nc(NCCO)ccc2cc1[N+](=O)[O-].Cc1cc(N)ccc1[N+](=O)[O-]. The van der Waals surface area contributed by atoms with Crippen LogP contribution in [0.25, 0.3) is 43.6 Å². The average Bonchev–Trinajstić information content (AvgIpc) is 0.834. The van der Waals surface area contributed by atoms with E-state index in [-0.39, 0.29) is 70.4 Å². The summed E-state index contributed by atoms with van der Waals surface area (Å²) in [5.74, 6) is 2.05. The molecule has 97 heavy (non-hydrogen) atoms. The number of halogens is 1. The van der Waals surface area contributed by atoms with Crippen molar-refractivity contribution in [2.75, 3.05) is 88.8 Å². The number of aliphatic hydroxyl groups is 2. The van der Waals surface area contributed by atoms with Crippen molar-refractivity contribution in [2.45, 2.75) is 20.8 Å². The molecule has 0 fully saturated rings. The Morgan fingerprint density at radius 3 is 1.44 bits per heavy atom. The van der Waals surface area contributed by atoms with Crippen LogP contribution in [0.3, 0.4) is 0 Å². The number of aliphatic hydroxyl groups excluding tert-OH is 2. The van der Waals surface area contributed by atoms with E-state index in [9.17, 15) is 60.2 Å². The van der Waals surface area contributed by atoms with E-state index < -0.39 is 24.6 Å². The van der Waals surface area contributed by atoms with Crippen molar-refractivity contribution in [1.82, 2.24) is 19.9 Å². The van der Waals surface area contributed by atoms with Gasteiger partial charge < -0.3 is 66.3 Å². The Hall–Kier alpha value is -12.6. The lowest BCUT2D eigenvalue weighted by Gasteiger charge is -2.08. The summed E-state index contributed by atoms with van der Waals surface area (Å²) in [7, 11) is 5.67. The molecule has 10 N–H and O–H groups in total. The molecular weight excluding hydrogens is 1290 g/mol. The number of nitrogens with two attached hydrogens (primary N) is 2. The lowest BCUT2D eigenvalue weighted by atomic mass is 10.2. The van der Waals surface area contributed by atoms with Gasteiger partial charge in [0.25, 0.3) is 17.3 Å². The van der Waals surface area contributed by atoms with Gasteiger partial charge in [0.05, 0.1) is 107 Å².